The molecule has 0 aromatic heterocycles. The summed E-state index contributed by atoms with van der Waals surface area (Å²) in [6, 6.07) is 0. The number of aliphatic hydroxyl groups excluding tert-OH is 1. The summed E-state index contributed by atoms with van der Waals surface area (Å²) in [6.45, 7) is 2.65. The van der Waals surface area contributed by atoms with Gasteiger partial charge in [0.1, 0.15) is 0 Å². The van der Waals surface area contributed by atoms with Crippen LogP contribution in [0.3, 0.4) is 0 Å². The van der Waals surface area contributed by atoms with Gasteiger partial charge in [-0.3, -0.25) is 0 Å². The molecule has 112 valence electrons. The highest BCUT2D eigenvalue weighted by Gasteiger charge is 2.17. The minimum absolute atomic E-state index is 0.0751. The van der Waals surface area contributed by atoms with Gasteiger partial charge in [-0.15, -0.1) is 0 Å². The van der Waals surface area contributed by atoms with E-state index in [1.165, 1.54) is 45.6 Å². The highest BCUT2D eigenvalue weighted by Crippen LogP contribution is 2.19. The van der Waals surface area contributed by atoms with Crippen LogP contribution in [0.2, 0.25) is 0 Å². The third-order valence-corrected chi connectivity index (χ3v) is 3.49. The lowest BCUT2D eigenvalue weighted by atomic mass is 9.96. The number of hydrogen-bond donors (Lipinski definition) is 1. The van der Waals surface area contributed by atoms with Crippen molar-refractivity contribution in [3.05, 3.63) is 10.4 Å². The molecule has 0 rings (SSSR count). The molecule has 0 aliphatic rings. The van der Waals surface area contributed by atoms with Crippen LogP contribution in [-0.4, -0.2) is 25.1 Å². The van der Waals surface area contributed by atoms with E-state index >= 15 is 0 Å². The average Bonchev–Trinajstić information content (AvgIpc) is 2.43. The zero-order valence-electron chi connectivity index (χ0n) is 12.4. The van der Waals surface area contributed by atoms with Crippen LogP contribution in [0.5, 0.6) is 0 Å². The molecule has 1 N–H and O–H groups in total. The maximum atomic E-state index is 9.73. The summed E-state index contributed by atoms with van der Waals surface area (Å²) in [5, 5.41) is 13.3. The van der Waals surface area contributed by atoms with Crippen molar-refractivity contribution in [3.63, 3.8) is 0 Å². The SMILES string of the molecule is CCCCCCCCCC(CCN=[N+]=[N-])C(O)OC. The molecule has 0 heterocycles. The number of nitrogens with zero attached hydrogens (tertiary/aromatic N) is 3. The number of aliphatic hydroxyl groups is 1. The molecule has 0 amide bonds. The normalized spacial score (nSPS) is 13.8. The van der Waals surface area contributed by atoms with E-state index in [2.05, 4.69) is 16.9 Å². The number of azide groups is 1. The van der Waals surface area contributed by atoms with Gasteiger partial charge in [0.15, 0.2) is 6.29 Å². The predicted molar refractivity (Wildman–Crippen MR) is 77.7 cm³/mol. The lowest BCUT2D eigenvalue weighted by Crippen LogP contribution is -2.23. The molecule has 2 unspecified atom stereocenters. The van der Waals surface area contributed by atoms with Gasteiger partial charge in [-0.05, 0) is 18.4 Å². The van der Waals surface area contributed by atoms with Crippen LogP contribution in [0.15, 0.2) is 5.11 Å². The van der Waals surface area contributed by atoms with Crippen molar-refractivity contribution in [2.45, 2.75) is 71.0 Å². The first kappa shape index (κ1) is 18.2. The molecule has 2 atom stereocenters. The zero-order valence-corrected chi connectivity index (χ0v) is 12.4. The molecule has 0 aromatic carbocycles. The van der Waals surface area contributed by atoms with Gasteiger partial charge in [0.05, 0.1) is 0 Å². The number of unbranched alkanes of at least 4 members (excludes halogenated alkanes) is 6. The molecular weight excluding hydrogens is 242 g/mol. The Bertz CT molecular complexity index is 243. The molecule has 0 saturated heterocycles. The van der Waals surface area contributed by atoms with Crippen LogP contribution < -0.4 is 0 Å². The van der Waals surface area contributed by atoms with Gasteiger partial charge in [-0.25, -0.2) is 0 Å². The third-order valence-electron chi connectivity index (χ3n) is 3.49. The number of ether oxygens (including phenoxy) is 1. The summed E-state index contributed by atoms with van der Waals surface area (Å²) < 4.78 is 4.97. The van der Waals surface area contributed by atoms with Crippen LogP contribution in [0.1, 0.15) is 64.7 Å². The van der Waals surface area contributed by atoms with E-state index in [1.807, 2.05) is 0 Å². The summed E-state index contributed by atoms with van der Waals surface area (Å²) in [5.41, 5.74) is 8.26. The fraction of sp³-hybridized carbons (Fsp3) is 1.00. The standard InChI is InChI=1S/C14H29N3O2/c1-3-4-5-6-7-8-9-10-13(14(18)19-2)11-12-16-17-15/h13-14,18H,3-12H2,1-2H3. The quantitative estimate of drug-likeness (QED) is 0.177. The van der Waals surface area contributed by atoms with E-state index < -0.39 is 6.29 Å². The van der Waals surface area contributed by atoms with Crippen molar-refractivity contribution in [1.82, 2.24) is 0 Å². The summed E-state index contributed by atoms with van der Waals surface area (Å²) in [7, 11) is 1.51. The van der Waals surface area contributed by atoms with E-state index in [0.29, 0.717) is 13.0 Å². The molecule has 5 heteroatoms. The second-order valence-electron chi connectivity index (χ2n) is 5.04. The average molecular weight is 271 g/mol. The number of rotatable bonds is 13. The van der Waals surface area contributed by atoms with Crippen LogP contribution in [-0.2, 0) is 4.74 Å². The maximum Gasteiger partial charge on any atom is 0.156 e. The molecule has 0 aliphatic heterocycles. The highest BCUT2D eigenvalue weighted by molar-refractivity contribution is 4.64. The van der Waals surface area contributed by atoms with Gasteiger partial charge in [0.2, 0.25) is 0 Å². The summed E-state index contributed by atoms with van der Waals surface area (Å²) in [6.07, 6.45) is 9.71. The number of methoxy groups -OCH3 is 1. The zero-order chi connectivity index (χ0) is 14.3. The lowest BCUT2D eigenvalue weighted by Gasteiger charge is -2.20. The molecule has 0 aromatic rings. The molecule has 0 aliphatic carbocycles. The monoisotopic (exact) mass is 271 g/mol. The molecule has 0 fully saturated rings. The van der Waals surface area contributed by atoms with E-state index in [1.54, 1.807) is 0 Å². The van der Waals surface area contributed by atoms with Crippen molar-refractivity contribution in [2.75, 3.05) is 13.7 Å². The summed E-state index contributed by atoms with van der Waals surface area (Å²) >= 11 is 0. The van der Waals surface area contributed by atoms with E-state index in [9.17, 15) is 5.11 Å². The number of hydrogen-bond acceptors (Lipinski definition) is 3. The van der Waals surface area contributed by atoms with Gasteiger partial charge in [-0.2, -0.15) is 0 Å². The Morgan fingerprint density at radius 3 is 2.32 bits per heavy atom. The van der Waals surface area contributed by atoms with E-state index in [-0.39, 0.29) is 5.92 Å². The maximum absolute atomic E-state index is 9.73. The molecule has 0 saturated carbocycles. The van der Waals surface area contributed by atoms with E-state index in [4.69, 9.17) is 10.3 Å². The Kier molecular flexibility index (Phi) is 13.1. The van der Waals surface area contributed by atoms with Crippen LogP contribution in [0, 0.1) is 5.92 Å². The van der Waals surface area contributed by atoms with Crippen molar-refractivity contribution < 1.29 is 9.84 Å². The predicted octanol–water partition coefficient (Wildman–Crippen LogP) is 4.41. The van der Waals surface area contributed by atoms with Crippen molar-refractivity contribution in [2.24, 2.45) is 11.0 Å². The lowest BCUT2D eigenvalue weighted by molar-refractivity contribution is -0.116. The molecule has 19 heavy (non-hydrogen) atoms. The Morgan fingerprint density at radius 1 is 1.11 bits per heavy atom. The van der Waals surface area contributed by atoms with Gasteiger partial charge in [0, 0.05) is 24.5 Å². The highest BCUT2D eigenvalue weighted by atomic mass is 16.6. The Balaban J connectivity index is 3.70. The van der Waals surface area contributed by atoms with Gasteiger partial charge >= 0.3 is 0 Å². The molecule has 5 nitrogen and oxygen atoms in total. The Morgan fingerprint density at radius 2 is 1.74 bits per heavy atom. The van der Waals surface area contributed by atoms with Crippen molar-refractivity contribution in [1.29, 1.82) is 0 Å². The first-order valence-electron chi connectivity index (χ1n) is 7.48. The van der Waals surface area contributed by atoms with Crippen LogP contribution in [0.25, 0.3) is 10.4 Å². The minimum atomic E-state index is -0.742. The minimum Gasteiger partial charge on any atom is -0.368 e. The fourth-order valence-corrected chi connectivity index (χ4v) is 2.25. The Hall–Kier alpha value is -0.770. The van der Waals surface area contributed by atoms with E-state index in [0.717, 1.165) is 12.8 Å². The fourth-order valence-electron chi connectivity index (χ4n) is 2.25. The third kappa shape index (κ3) is 10.8. The topological polar surface area (TPSA) is 78.2 Å². The molecule has 0 bridgehead atoms. The first-order chi connectivity index (χ1) is 9.26. The van der Waals surface area contributed by atoms with Gasteiger partial charge in [0.25, 0.3) is 0 Å². The molecule has 0 radical (unpaired) electrons. The first-order valence-corrected chi connectivity index (χ1v) is 7.48. The van der Waals surface area contributed by atoms with Gasteiger partial charge < -0.3 is 9.84 Å². The smallest absolute Gasteiger partial charge is 0.156 e. The Labute approximate surface area is 117 Å². The second-order valence-corrected chi connectivity index (χ2v) is 5.04. The van der Waals surface area contributed by atoms with Crippen molar-refractivity contribution >= 4 is 0 Å². The summed E-state index contributed by atoms with van der Waals surface area (Å²) in [4.78, 5) is 2.73. The largest absolute Gasteiger partial charge is 0.368 e. The van der Waals surface area contributed by atoms with Crippen LogP contribution in [0.4, 0.5) is 0 Å². The van der Waals surface area contributed by atoms with Gasteiger partial charge in [-0.1, -0.05) is 57.0 Å². The van der Waals surface area contributed by atoms with Crippen molar-refractivity contribution in [3.8, 4) is 0 Å². The second kappa shape index (κ2) is 13.7. The molecular formula is C14H29N3O2. The van der Waals surface area contributed by atoms with Crippen LogP contribution >= 0.6 is 0 Å². The summed E-state index contributed by atoms with van der Waals surface area (Å²) in [5.74, 6) is 0.0751. The molecule has 0 spiro atoms.